The molecular weight excluding hydrogens is 138 g/mol. The molecule has 0 aliphatic carbocycles. The van der Waals surface area contributed by atoms with Gasteiger partial charge < -0.3 is 10.1 Å². The minimum atomic E-state index is 0.822. The zero-order valence-corrected chi connectivity index (χ0v) is 7.44. The molecule has 1 N–H and O–H groups in total. The summed E-state index contributed by atoms with van der Waals surface area (Å²) in [5, 5.41) is 3.34. The predicted octanol–water partition coefficient (Wildman–Crippen LogP) is 1.41. The Bertz CT molecular complexity index is 89.6. The molecule has 1 heterocycles. The van der Waals surface area contributed by atoms with E-state index in [1.807, 2.05) is 0 Å². The van der Waals surface area contributed by atoms with Crippen LogP contribution in [0.15, 0.2) is 0 Å². The highest BCUT2D eigenvalue weighted by molar-refractivity contribution is 4.63. The van der Waals surface area contributed by atoms with Crippen molar-refractivity contribution < 1.29 is 4.74 Å². The van der Waals surface area contributed by atoms with Crippen molar-refractivity contribution in [2.45, 2.75) is 26.2 Å². The van der Waals surface area contributed by atoms with Crippen LogP contribution in [0.4, 0.5) is 0 Å². The summed E-state index contributed by atoms with van der Waals surface area (Å²) in [4.78, 5) is 0. The maximum Gasteiger partial charge on any atom is 0.0494 e. The minimum Gasteiger partial charge on any atom is -0.381 e. The summed E-state index contributed by atoms with van der Waals surface area (Å²) < 4.78 is 5.38. The third-order valence-electron chi connectivity index (χ3n) is 2.23. The van der Waals surface area contributed by atoms with E-state index in [0.29, 0.717) is 0 Å². The van der Waals surface area contributed by atoms with Crippen LogP contribution in [0.2, 0.25) is 0 Å². The summed E-state index contributed by atoms with van der Waals surface area (Å²) in [6.07, 6.45) is 3.91. The largest absolute Gasteiger partial charge is 0.381 e. The third-order valence-corrected chi connectivity index (χ3v) is 2.23. The number of rotatable bonds is 4. The van der Waals surface area contributed by atoms with Crippen LogP contribution in [0.1, 0.15) is 26.2 Å². The summed E-state index contributed by atoms with van der Waals surface area (Å²) >= 11 is 0. The highest BCUT2D eigenvalue weighted by Crippen LogP contribution is 2.15. The van der Waals surface area contributed by atoms with E-state index in [4.69, 9.17) is 4.74 Å². The topological polar surface area (TPSA) is 21.3 Å². The number of hydrogen-bond donors (Lipinski definition) is 1. The van der Waals surface area contributed by atoms with Crippen molar-refractivity contribution in [1.29, 1.82) is 0 Å². The van der Waals surface area contributed by atoms with E-state index in [1.54, 1.807) is 0 Å². The van der Waals surface area contributed by atoms with Gasteiger partial charge in [0, 0.05) is 13.2 Å². The Hall–Kier alpha value is -0.0800. The van der Waals surface area contributed by atoms with Crippen molar-refractivity contribution in [3.05, 3.63) is 0 Å². The van der Waals surface area contributed by atoms with Gasteiger partial charge in [-0.3, -0.25) is 0 Å². The number of hydrogen-bond acceptors (Lipinski definition) is 2. The molecule has 1 aliphatic heterocycles. The maximum absolute atomic E-state index is 5.38. The molecular formula is C9H19NO. The summed E-state index contributed by atoms with van der Waals surface area (Å²) in [5.74, 6) is 0.822. The van der Waals surface area contributed by atoms with Crippen LogP contribution in [-0.2, 0) is 4.74 Å². The van der Waals surface area contributed by atoms with Crippen molar-refractivity contribution in [3.63, 3.8) is 0 Å². The van der Waals surface area contributed by atoms with Crippen LogP contribution in [-0.4, -0.2) is 26.3 Å². The van der Waals surface area contributed by atoms with Gasteiger partial charge in [0.25, 0.3) is 0 Å². The van der Waals surface area contributed by atoms with E-state index >= 15 is 0 Å². The van der Waals surface area contributed by atoms with E-state index in [2.05, 4.69) is 12.2 Å². The fourth-order valence-electron chi connectivity index (χ4n) is 1.52. The van der Waals surface area contributed by atoms with Gasteiger partial charge in [-0.2, -0.15) is 0 Å². The van der Waals surface area contributed by atoms with Gasteiger partial charge in [-0.15, -0.1) is 0 Å². The standard InChI is InChI=1S/C9H19NO/c1-2-10-6-5-9-4-3-7-11-8-9/h9-10H,2-8H2,1H3/t9-/m0/s1. The average Bonchev–Trinajstić information content (AvgIpc) is 2.07. The summed E-state index contributed by atoms with van der Waals surface area (Å²) in [6, 6.07) is 0. The summed E-state index contributed by atoms with van der Waals surface area (Å²) in [5.41, 5.74) is 0. The first-order chi connectivity index (χ1) is 5.43. The van der Waals surface area contributed by atoms with Crippen molar-refractivity contribution in [2.75, 3.05) is 26.3 Å². The normalized spacial score (nSPS) is 25.4. The molecule has 11 heavy (non-hydrogen) atoms. The Morgan fingerprint density at radius 1 is 1.55 bits per heavy atom. The fourth-order valence-corrected chi connectivity index (χ4v) is 1.52. The first-order valence-corrected chi connectivity index (χ1v) is 4.72. The number of ether oxygens (including phenoxy) is 1. The molecule has 0 aromatic rings. The first kappa shape index (κ1) is 9.01. The predicted molar refractivity (Wildman–Crippen MR) is 46.7 cm³/mol. The molecule has 1 rings (SSSR count). The zero-order valence-electron chi connectivity index (χ0n) is 7.44. The molecule has 0 aromatic heterocycles. The average molecular weight is 157 g/mol. The highest BCUT2D eigenvalue weighted by Gasteiger charge is 2.12. The van der Waals surface area contributed by atoms with Gasteiger partial charge >= 0.3 is 0 Å². The van der Waals surface area contributed by atoms with Crippen LogP contribution < -0.4 is 5.32 Å². The van der Waals surface area contributed by atoms with Crippen molar-refractivity contribution in [3.8, 4) is 0 Å². The molecule has 0 radical (unpaired) electrons. The van der Waals surface area contributed by atoms with Crippen LogP contribution >= 0.6 is 0 Å². The molecule has 0 bridgehead atoms. The molecule has 1 atom stereocenters. The molecule has 0 aromatic carbocycles. The lowest BCUT2D eigenvalue weighted by Crippen LogP contribution is -2.23. The Morgan fingerprint density at radius 2 is 2.45 bits per heavy atom. The third kappa shape index (κ3) is 3.73. The van der Waals surface area contributed by atoms with Crippen LogP contribution in [0.5, 0.6) is 0 Å². The summed E-state index contributed by atoms with van der Waals surface area (Å²) in [7, 11) is 0. The van der Waals surface area contributed by atoms with Gasteiger partial charge in [0.2, 0.25) is 0 Å². The van der Waals surface area contributed by atoms with Gasteiger partial charge in [-0.1, -0.05) is 6.92 Å². The van der Waals surface area contributed by atoms with E-state index in [0.717, 1.165) is 32.2 Å². The van der Waals surface area contributed by atoms with Crippen molar-refractivity contribution >= 4 is 0 Å². The molecule has 1 aliphatic rings. The lowest BCUT2D eigenvalue weighted by Gasteiger charge is -2.21. The Kier molecular flexibility index (Phi) is 4.55. The lowest BCUT2D eigenvalue weighted by molar-refractivity contribution is 0.0518. The second-order valence-corrected chi connectivity index (χ2v) is 3.23. The molecule has 66 valence electrons. The van der Waals surface area contributed by atoms with E-state index < -0.39 is 0 Å². The first-order valence-electron chi connectivity index (χ1n) is 4.72. The Balaban J connectivity index is 1.96. The van der Waals surface area contributed by atoms with E-state index in [1.165, 1.54) is 19.3 Å². The maximum atomic E-state index is 5.38. The van der Waals surface area contributed by atoms with Gasteiger partial charge in [0.15, 0.2) is 0 Å². The fraction of sp³-hybridized carbons (Fsp3) is 1.00. The molecule has 0 amide bonds. The van der Waals surface area contributed by atoms with Gasteiger partial charge in [-0.25, -0.2) is 0 Å². The second-order valence-electron chi connectivity index (χ2n) is 3.23. The molecule has 0 saturated carbocycles. The number of nitrogens with one attached hydrogen (secondary N) is 1. The van der Waals surface area contributed by atoms with E-state index in [-0.39, 0.29) is 0 Å². The lowest BCUT2D eigenvalue weighted by atomic mass is 9.99. The Morgan fingerprint density at radius 3 is 3.09 bits per heavy atom. The van der Waals surface area contributed by atoms with Crippen LogP contribution in [0.3, 0.4) is 0 Å². The van der Waals surface area contributed by atoms with Crippen molar-refractivity contribution in [2.24, 2.45) is 5.92 Å². The smallest absolute Gasteiger partial charge is 0.0494 e. The molecule has 1 fully saturated rings. The van der Waals surface area contributed by atoms with Gasteiger partial charge in [0.05, 0.1) is 0 Å². The molecule has 0 spiro atoms. The van der Waals surface area contributed by atoms with E-state index in [9.17, 15) is 0 Å². The second kappa shape index (κ2) is 5.56. The molecule has 1 saturated heterocycles. The van der Waals surface area contributed by atoms with Crippen LogP contribution in [0.25, 0.3) is 0 Å². The van der Waals surface area contributed by atoms with Crippen LogP contribution in [0, 0.1) is 5.92 Å². The molecule has 0 unspecified atom stereocenters. The van der Waals surface area contributed by atoms with Gasteiger partial charge in [-0.05, 0) is 38.3 Å². The zero-order chi connectivity index (χ0) is 7.94. The molecule has 2 nitrogen and oxygen atoms in total. The molecule has 2 heteroatoms. The monoisotopic (exact) mass is 157 g/mol. The Labute approximate surface area is 69.3 Å². The summed E-state index contributed by atoms with van der Waals surface area (Å²) in [6.45, 7) is 6.37. The quantitative estimate of drug-likeness (QED) is 0.623. The SMILES string of the molecule is CCNCC[C@@H]1CCCOC1. The van der Waals surface area contributed by atoms with Crippen molar-refractivity contribution in [1.82, 2.24) is 5.32 Å². The van der Waals surface area contributed by atoms with Gasteiger partial charge in [0.1, 0.15) is 0 Å². The minimum absolute atomic E-state index is 0.822. The highest BCUT2D eigenvalue weighted by atomic mass is 16.5.